The van der Waals surface area contributed by atoms with Crippen LogP contribution in [0.15, 0.2) is 34.4 Å². The van der Waals surface area contributed by atoms with E-state index in [0.29, 0.717) is 12.0 Å². The summed E-state index contributed by atoms with van der Waals surface area (Å²) in [7, 11) is 0. The summed E-state index contributed by atoms with van der Waals surface area (Å²) in [6.07, 6.45) is 13.3. The zero-order valence-corrected chi connectivity index (χ0v) is 14.9. The molecule has 0 fully saturated rings. The molecule has 2 N–H and O–H groups in total. The second-order valence-corrected chi connectivity index (χ2v) is 7.37. The maximum absolute atomic E-state index is 5.53. The predicted octanol–water partition coefficient (Wildman–Crippen LogP) is 5.92. The fourth-order valence-electron chi connectivity index (χ4n) is 3.50. The highest BCUT2D eigenvalue weighted by Gasteiger charge is 2.27. The lowest BCUT2D eigenvalue weighted by molar-refractivity contribution is 0.354. The largest absolute Gasteiger partial charge is 0.327 e. The lowest BCUT2D eigenvalue weighted by Crippen LogP contribution is -2.20. The molecule has 120 valence electrons. The van der Waals surface area contributed by atoms with E-state index in [9.17, 15) is 0 Å². The van der Waals surface area contributed by atoms with Gasteiger partial charge in [0.15, 0.2) is 0 Å². The minimum atomic E-state index is 0.420. The smallest absolute Gasteiger partial charge is 0.0109 e. The zero-order valence-electron chi connectivity index (χ0n) is 14.9. The van der Waals surface area contributed by atoms with Crippen molar-refractivity contribution in [3.63, 3.8) is 0 Å². The summed E-state index contributed by atoms with van der Waals surface area (Å²) in [6, 6.07) is 0. The number of hydrogen-bond donors (Lipinski definition) is 1. The first-order chi connectivity index (χ1) is 9.86. The van der Waals surface area contributed by atoms with Crippen LogP contribution in [-0.4, -0.2) is 6.54 Å². The fraction of sp³-hybridized carbons (Fsp3) is 0.700. The molecule has 0 spiro atoms. The molecule has 0 amide bonds. The molecule has 0 saturated carbocycles. The highest BCUT2D eigenvalue weighted by Crippen LogP contribution is 2.42. The first kappa shape index (κ1) is 18.2. The van der Waals surface area contributed by atoms with Crippen LogP contribution in [0.25, 0.3) is 0 Å². The van der Waals surface area contributed by atoms with Gasteiger partial charge in [-0.1, -0.05) is 48.3 Å². The molecule has 1 rings (SSSR count). The summed E-state index contributed by atoms with van der Waals surface area (Å²) in [5, 5.41) is 0. The van der Waals surface area contributed by atoms with E-state index in [4.69, 9.17) is 5.73 Å². The van der Waals surface area contributed by atoms with Gasteiger partial charge in [0.25, 0.3) is 0 Å². The van der Waals surface area contributed by atoms with Gasteiger partial charge >= 0.3 is 0 Å². The van der Waals surface area contributed by atoms with E-state index in [0.717, 1.165) is 12.8 Å². The van der Waals surface area contributed by atoms with E-state index >= 15 is 0 Å². The van der Waals surface area contributed by atoms with E-state index in [1.165, 1.54) is 43.3 Å². The Kier molecular flexibility index (Phi) is 7.45. The summed E-state index contributed by atoms with van der Waals surface area (Å²) >= 11 is 0. The first-order valence-corrected chi connectivity index (χ1v) is 8.57. The van der Waals surface area contributed by atoms with Crippen LogP contribution in [0.3, 0.4) is 0 Å². The average Bonchev–Trinajstić information content (AvgIpc) is 2.37. The standard InChI is InChI=1S/C20H35N/c1-16(8-6-9-17(2)13-15-21)11-12-19-18(3)10-7-14-20(19,4)5/h8,13H,6-7,9-12,14-15,21H2,1-5H3/b16-8+,17-13-. The van der Waals surface area contributed by atoms with Crippen molar-refractivity contribution in [3.05, 3.63) is 34.4 Å². The van der Waals surface area contributed by atoms with E-state index in [2.05, 4.69) is 46.8 Å². The van der Waals surface area contributed by atoms with Gasteiger partial charge in [-0.3, -0.25) is 0 Å². The van der Waals surface area contributed by atoms with E-state index in [1.54, 1.807) is 11.1 Å². The van der Waals surface area contributed by atoms with Crippen LogP contribution in [-0.2, 0) is 0 Å². The van der Waals surface area contributed by atoms with Gasteiger partial charge in [0.1, 0.15) is 0 Å². The minimum Gasteiger partial charge on any atom is -0.327 e. The molecule has 0 aliphatic heterocycles. The highest BCUT2D eigenvalue weighted by molar-refractivity contribution is 5.23. The first-order valence-electron chi connectivity index (χ1n) is 8.57. The highest BCUT2D eigenvalue weighted by atomic mass is 14.5. The second-order valence-electron chi connectivity index (χ2n) is 7.37. The van der Waals surface area contributed by atoms with Gasteiger partial charge in [0, 0.05) is 6.54 Å². The molecule has 0 radical (unpaired) electrons. The van der Waals surface area contributed by atoms with E-state index in [-0.39, 0.29) is 0 Å². The van der Waals surface area contributed by atoms with Crippen LogP contribution in [0.5, 0.6) is 0 Å². The molecule has 0 aromatic carbocycles. The Balaban J connectivity index is 2.48. The molecular formula is C20H35N. The third kappa shape index (κ3) is 6.22. The normalized spacial score (nSPS) is 20.1. The number of rotatable bonds is 7. The van der Waals surface area contributed by atoms with Crippen molar-refractivity contribution in [2.24, 2.45) is 11.1 Å². The Morgan fingerprint density at radius 1 is 1.14 bits per heavy atom. The average molecular weight is 290 g/mol. The lowest BCUT2D eigenvalue weighted by atomic mass is 9.71. The predicted molar refractivity (Wildman–Crippen MR) is 95.4 cm³/mol. The van der Waals surface area contributed by atoms with Crippen molar-refractivity contribution >= 4 is 0 Å². The summed E-state index contributed by atoms with van der Waals surface area (Å²) in [5.41, 5.74) is 12.3. The Morgan fingerprint density at radius 2 is 1.81 bits per heavy atom. The third-order valence-electron chi connectivity index (χ3n) is 4.95. The molecule has 1 aliphatic carbocycles. The molecule has 0 unspecified atom stereocenters. The summed E-state index contributed by atoms with van der Waals surface area (Å²) in [4.78, 5) is 0. The number of allylic oxidation sites excluding steroid dienone is 5. The Morgan fingerprint density at radius 3 is 2.43 bits per heavy atom. The number of nitrogens with two attached hydrogens (primary N) is 1. The fourth-order valence-corrected chi connectivity index (χ4v) is 3.50. The van der Waals surface area contributed by atoms with Gasteiger partial charge in [-0.05, 0) is 71.1 Å². The van der Waals surface area contributed by atoms with Crippen molar-refractivity contribution in [2.75, 3.05) is 6.54 Å². The molecule has 0 heterocycles. The van der Waals surface area contributed by atoms with Gasteiger partial charge in [-0.25, -0.2) is 0 Å². The Labute approximate surface area is 132 Å². The number of hydrogen-bond acceptors (Lipinski definition) is 1. The molecule has 1 nitrogen and oxygen atoms in total. The van der Waals surface area contributed by atoms with Crippen LogP contribution in [0.1, 0.15) is 79.6 Å². The molecule has 0 bridgehead atoms. The molecule has 0 saturated heterocycles. The molecular weight excluding hydrogens is 254 g/mol. The quantitative estimate of drug-likeness (QED) is 0.578. The van der Waals surface area contributed by atoms with E-state index < -0.39 is 0 Å². The monoisotopic (exact) mass is 289 g/mol. The van der Waals surface area contributed by atoms with Crippen molar-refractivity contribution < 1.29 is 0 Å². The maximum Gasteiger partial charge on any atom is 0.0109 e. The molecule has 1 heteroatoms. The Hall–Kier alpha value is -0.820. The van der Waals surface area contributed by atoms with Gasteiger partial charge in [0.2, 0.25) is 0 Å². The van der Waals surface area contributed by atoms with Crippen molar-refractivity contribution in [3.8, 4) is 0 Å². The van der Waals surface area contributed by atoms with Crippen LogP contribution in [0, 0.1) is 5.41 Å². The van der Waals surface area contributed by atoms with Crippen molar-refractivity contribution in [2.45, 2.75) is 79.6 Å². The molecule has 0 aromatic rings. The SMILES string of the molecule is CC1=C(CC/C(C)=C/CC/C(C)=C\CN)C(C)(C)CCC1. The van der Waals surface area contributed by atoms with Crippen LogP contribution >= 0.6 is 0 Å². The molecule has 1 aliphatic rings. The van der Waals surface area contributed by atoms with Gasteiger partial charge in [-0.15, -0.1) is 0 Å². The van der Waals surface area contributed by atoms with Crippen molar-refractivity contribution in [1.82, 2.24) is 0 Å². The van der Waals surface area contributed by atoms with Crippen LogP contribution in [0.2, 0.25) is 0 Å². The summed E-state index contributed by atoms with van der Waals surface area (Å²) in [6.45, 7) is 12.3. The van der Waals surface area contributed by atoms with Crippen LogP contribution in [0.4, 0.5) is 0 Å². The minimum absolute atomic E-state index is 0.420. The molecule has 21 heavy (non-hydrogen) atoms. The zero-order chi connectivity index (χ0) is 15.9. The Bertz CT molecular complexity index is 421. The lowest BCUT2D eigenvalue weighted by Gasteiger charge is -2.35. The second kappa shape index (κ2) is 8.58. The topological polar surface area (TPSA) is 26.0 Å². The van der Waals surface area contributed by atoms with E-state index in [1.807, 2.05) is 0 Å². The summed E-state index contributed by atoms with van der Waals surface area (Å²) < 4.78 is 0. The summed E-state index contributed by atoms with van der Waals surface area (Å²) in [5.74, 6) is 0. The van der Waals surface area contributed by atoms with Gasteiger partial charge in [-0.2, -0.15) is 0 Å². The maximum atomic E-state index is 5.53. The van der Waals surface area contributed by atoms with Gasteiger partial charge in [0.05, 0.1) is 0 Å². The third-order valence-corrected chi connectivity index (χ3v) is 4.95. The van der Waals surface area contributed by atoms with Gasteiger partial charge < -0.3 is 5.73 Å². The molecule has 0 aromatic heterocycles. The van der Waals surface area contributed by atoms with Crippen LogP contribution < -0.4 is 5.73 Å². The van der Waals surface area contributed by atoms with Crippen molar-refractivity contribution in [1.29, 1.82) is 0 Å². The molecule has 0 atom stereocenters.